The van der Waals surface area contributed by atoms with Gasteiger partial charge in [0.2, 0.25) is 5.95 Å². The fraction of sp³-hybridized carbons (Fsp3) is 0.111. The molecule has 0 radical (unpaired) electrons. The lowest BCUT2D eigenvalue weighted by molar-refractivity contribution is 0.610. The van der Waals surface area contributed by atoms with Crippen molar-refractivity contribution in [1.29, 1.82) is 0 Å². The number of anilines is 3. The lowest BCUT2D eigenvalue weighted by Crippen LogP contribution is -2.09. The van der Waals surface area contributed by atoms with Crippen LogP contribution in [0.3, 0.4) is 0 Å². The maximum absolute atomic E-state index is 13.6. The minimum absolute atomic E-state index is 0.210. The number of rotatable bonds is 6. The first-order valence-electron chi connectivity index (χ1n) is 7.64. The van der Waals surface area contributed by atoms with Crippen LogP contribution in [0.5, 0.6) is 0 Å². The molecule has 3 rings (SSSR count). The van der Waals surface area contributed by atoms with Gasteiger partial charge in [-0.15, -0.1) is 0 Å². The quantitative estimate of drug-likeness (QED) is 0.610. The summed E-state index contributed by atoms with van der Waals surface area (Å²) in [7, 11) is 0. The monoisotopic (exact) mass is 376 g/mol. The molecule has 0 saturated heterocycles. The highest BCUT2D eigenvalue weighted by Gasteiger charge is 2.05. The first-order chi connectivity index (χ1) is 12.1. The van der Waals surface area contributed by atoms with E-state index in [1.807, 2.05) is 6.07 Å². The van der Waals surface area contributed by atoms with Gasteiger partial charge < -0.3 is 10.6 Å². The van der Waals surface area contributed by atoms with Crippen LogP contribution in [-0.4, -0.2) is 16.5 Å². The van der Waals surface area contributed by atoms with Crippen molar-refractivity contribution in [3.63, 3.8) is 0 Å². The molecule has 0 aliphatic heterocycles. The van der Waals surface area contributed by atoms with E-state index in [2.05, 4.69) is 20.6 Å². The number of hydrogen-bond acceptors (Lipinski definition) is 4. The maximum atomic E-state index is 13.6. The van der Waals surface area contributed by atoms with Crippen molar-refractivity contribution < 1.29 is 4.39 Å². The fourth-order valence-corrected chi connectivity index (χ4v) is 2.71. The third kappa shape index (κ3) is 4.81. The number of aromatic nitrogens is 2. The number of nitrogens with one attached hydrogen (secondary N) is 2. The van der Waals surface area contributed by atoms with Gasteiger partial charge in [0.05, 0.1) is 10.7 Å². The first-order valence-corrected chi connectivity index (χ1v) is 8.40. The van der Waals surface area contributed by atoms with Crippen molar-refractivity contribution in [2.75, 3.05) is 17.2 Å². The average Bonchev–Trinajstić information content (AvgIpc) is 2.60. The number of benzene rings is 2. The second-order valence-corrected chi connectivity index (χ2v) is 6.13. The van der Waals surface area contributed by atoms with Crippen LogP contribution in [0.2, 0.25) is 10.0 Å². The summed E-state index contributed by atoms with van der Waals surface area (Å²) in [4.78, 5) is 8.53. The number of hydrogen-bond donors (Lipinski definition) is 2. The van der Waals surface area contributed by atoms with Gasteiger partial charge in [0, 0.05) is 17.8 Å². The molecule has 128 valence electrons. The summed E-state index contributed by atoms with van der Waals surface area (Å²) in [5, 5.41) is 7.27. The van der Waals surface area contributed by atoms with E-state index in [1.165, 1.54) is 6.07 Å². The second kappa shape index (κ2) is 8.14. The van der Waals surface area contributed by atoms with Crippen molar-refractivity contribution in [1.82, 2.24) is 9.97 Å². The molecule has 1 heterocycles. The molecular weight excluding hydrogens is 362 g/mol. The Morgan fingerprint density at radius 1 is 1.04 bits per heavy atom. The van der Waals surface area contributed by atoms with Gasteiger partial charge in [0.25, 0.3) is 0 Å². The summed E-state index contributed by atoms with van der Waals surface area (Å²) in [6.07, 6.45) is 2.17. The molecule has 0 aliphatic carbocycles. The predicted octanol–water partition coefficient (Wildman–Crippen LogP) is 5.32. The summed E-state index contributed by atoms with van der Waals surface area (Å²) >= 11 is 12.0. The molecule has 25 heavy (non-hydrogen) atoms. The Labute approximate surface area is 155 Å². The van der Waals surface area contributed by atoms with Crippen LogP contribution in [0.4, 0.5) is 21.8 Å². The smallest absolute Gasteiger partial charge is 0.224 e. The van der Waals surface area contributed by atoms with E-state index < -0.39 is 0 Å². The molecule has 0 unspecified atom stereocenters. The molecule has 0 saturated carbocycles. The van der Waals surface area contributed by atoms with Gasteiger partial charge in [-0.05, 0) is 42.3 Å². The van der Waals surface area contributed by atoms with Crippen LogP contribution in [0.15, 0.2) is 54.7 Å². The van der Waals surface area contributed by atoms with Crippen molar-refractivity contribution in [2.45, 2.75) is 6.42 Å². The molecule has 2 aromatic carbocycles. The standard InChI is InChI=1S/C18H15Cl2FN4/c19-13-5-6-16(14(20)11-13)24-17-8-10-23-18(25-17)22-9-7-12-3-1-2-4-15(12)21/h1-6,8,10-11H,7,9H2,(H2,22,23,24,25). The predicted molar refractivity (Wildman–Crippen MR) is 100 cm³/mol. The molecular formula is C18H15Cl2FN4. The minimum Gasteiger partial charge on any atom is -0.354 e. The van der Waals surface area contributed by atoms with Crippen LogP contribution < -0.4 is 10.6 Å². The zero-order valence-electron chi connectivity index (χ0n) is 13.1. The molecule has 2 N–H and O–H groups in total. The Hall–Kier alpha value is -2.37. The summed E-state index contributed by atoms with van der Waals surface area (Å²) in [5.74, 6) is 0.831. The molecule has 0 aliphatic rings. The average molecular weight is 377 g/mol. The molecule has 0 atom stereocenters. The van der Waals surface area contributed by atoms with Gasteiger partial charge in [-0.1, -0.05) is 41.4 Å². The SMILES string of the molecule is Fc1ccccc1CCNc1nccc(Nc2ccc(Cl)cc2Cl)n1. The van der Waals surface area contributed by atoms with Crippen LogP contribution in [-0.2, 0) is 6.42 Å². The molecule has 4 nitrogen and oxygen atoms in total. The van der Waals surface area contributed by atoms with Crippen LogP contribution in [0.25, 0.3) is 0 Å². The third-order valence-electron chi connectivity index (χ3n) is 3.48. The zero-order chi connectivity index (χ0) is 17.6. The van der Waals surface area contributed by atoms with Gasteiger partial charge in [-0.3, -0.25) is 0 Å². The lowest BCUT2D eigenvalue weighted by atomic mass is 10.1. The Balaban J connectivity index is 1.62. The summed E-state index contributed by atoms with van der Waals surface area (Å²) in [5.41, 5.74) is 1.35. The van der Waals surface area contributed by atoms with E-state index in [0.29, 0.717) is 46.0 Å². The highest BCUT2D eigenvalue weighted by Crippen LogP contribution is 2.27. The van der Waals surface area contributed by atoms with E-state index in [4.69, 9.17) is 23.2 Å². The zero-order valence-corrected chi connectivity index (χ0v) is 14.7. The number of halogens is 3. The molecule has 3 aromatic rings. The van der Waals surface area contributed by atoms with Gasteiger partial charge in [0.15, 0.2) is 0 Å². The van der Waals surface area contributed by atoms with Crippen LogP contribution in [0, 0.1) is 5.82 Å². The van der Waals surface area contributed by atoms with E-state index in [1.54, 1.807) is 42.6 Å². The highest BCUT2D eigenvalue weighted by atomic mass is 35.5. The first kappa shape index (κ1) is 17.5. The van der Waals surface area contributed by atoms with E-state index in [-0.39, 0.29) is 5.82 Å². The largest absolute Gasteiger partial charge is 0.354 e. The van der Waals surface area contributed by atoms with Crippen molar-refractivity contribution in [2.24, 2.45) is 0 Å². The molecule has 0 amide bonds. The normalized spacial score (nSPS) is 10.5. The molecule has 0 fully saturated rings. The number of nitrogens with zero attached hydrogens (tertiary/aromatic N) is 2. The Bertz CT molecular complexity index is 873. The van der Waals surface area contributed by atoms with Crippen molar-refractivity contribution in [3.8, 4) is 0 Å². The summed E-state index contributed by atoms with van der Waals surface area (Å²) < 4.78 is 13.6. The van der Waals surface area contributed by atoms with Gasteiger partial charge >= 0.3 is 0 Å². The lowest BCUT2D eigenvalue weighted by Gasteiger charge is -2.10. The molecule has 0 spiro atoms. The maximum Gasteiger partial charge on any atom is 0.224 e. The van der Waals surface area contributed by atoms with Gasteiger partial charge in [-0.2, -0.15) is 4.98 Å². The minimum atomic E-state index is -0.210. The molecule has 1 aromatic heterocycles. The Morgan fingerprint density at radius 3 is 2.68 bits per heavy atom. The van der Waals surface area contributed by atoms with Crippen LogP contribution in [0.1, 0.15) is 5.56 Å². The third-order valence-corrected chi connectivity index (χ3v) is 4.03. The Kier molecular flexibility index (Phi) is 5.68. The topological polar surface area (TPSA) is 49.8 Å². The second-order valence-electron chi connectivity index (χ2n) is 5.28. The fourth-order valence-electron chi connectivity index (χ4n) is 2.25. The van der Waals surface area contributed by atoms with Crippen molar-refractivity contribution >= 4 is 40.7 Å². The summed E-state index contributed by atoms with van der Waals surface area (Å²) in [6.45, 7) is 0.520. The Morgan fingerprint density at radius 2 is 1.88 bits per heavy atom. The molecule has 7 heteroatoms. The van der Waals surface area contributed by atoms with Crippen molar-refractivity contribution in [3.05, 3.63) is 76.2 Å². The molecule has 0 bridgehead atoms. The summed E-state index contributed by atoms with van der Waals surface area (Å²) in [6, 6.07) is 13.6. The van der Waals surface area contributed by atoms with E-state index in [9.17, 15) is 4.39 Å². The highest BCUT2D eigenvalue weighted by molar-refractivity contribution is 6.36. The van der Waals surface area contributed by atoms with Gasteiger partial charge in [-0.25, -0.2) is 9.37 Å². The van der Waals surface area contributed by atoms with E-state index in [0.717, 1.165) is 0 Å². The van der Waals surface area contributed by atoms with Gasteiger partial charge in [0.1, 0.15) is 11.6 Å². The van der Waals surface area contributed by atoms with Crippen LogP contribution >= 0.6 is 23.2 Å². The van der Waals surface area contributed by atoms with E-state index >= 15 is 0 Å².